The van der Waals surface area contributed by atoms with Crippen molar-refractivity contribution >= 4 is 15.9 Å². The fourth-order valence-electron chi connectivity index (χ4n) is 3.61. The highest BCUT2D eigenvalue weighted by Crippen LogP contribution is 2.25. The van der Waals surface area contributed by atoms with Gasteiger partial charge in [-0.2, -0.15) is 4.31 Å². The van der Waals surface area contributed by atoms with Crippen molar-refractivity contribution in [3.8, 4) is 0 Å². The fourth-order valence-corrected chi connectivity index (χ4v) is 5.08. The minimum atomic E-state index is -3.68. The summed E-state index contributed by atoms with van der Waals surface area (Å²) in [6, 6.07) is 22.1. The summed E-state index contributed by atoms with van der Waals surface area (Å²) < 4.78 is 27.8. The molecule has 0 atom stereocenters. The van der Waals surface area contributed by atoms with E-state index in [0.29, 0.717) is 31.6 Å². The minimum Gasteiger partial charge on any atom is -0.348 e. The smallest absolute Gasteiger partial charge is 0.251 e. The van der Waals surface area contributed by atoms with Crippen LogP contribution in [0.15, 0.2) is 77.7 Å². The molecule has 6 heteroatoms. The largest absolute Gasteiger partial charge is 0.348 e. The average molecular weight is 421 g/mol. The Morgan fingerprint density at radius 3 is 2.47 bits per heavy atom. The first-order valence-corrected chi connectivity index (χ1v) is 11.4. The molecule has 0 aromatic heterocycles. The number of sulfonamides is 1. The third kappa shape index (κ3) is 4.30. The van der Waals surface area contributed by atoms with Crippen LogP contribution in [0.1, 0.15) is 32.6 Å². The number of benzene rings is 3. The van der Waals surface area contributed by atoms with Gasteiger partial charge in [0, 0.05) is 25.2 Å². The average Bonchev–Trinajstić information content (AvgIpc) is 2.78. The molecular weight excluding hydrogens is 396 g/mol. The van der Waals surface area contributed by atoms with Gasteiger partial charge in [-0.25, -0.2) is 8.42 Å². The number of nitrogens with zero attached hydrogens (tertiary/aromatic N) is 1. The van der Waals surface area contributed by atoms with Crippen LogP contribution in [0, 0.1) is 6.92 Å². The molecule has 1 aliphatic rings. The zero-order valence-electron chi connectivity index (χ0n) is 16.8. The van der Waals surface area contributed by atoms with Crippen LogP contribution in [0.2, 0.25) is 0 Å². The summed E-state index contributed by atoms with van der Waals surface area (Å²) in [5.41, 5.74) is 4.70. The van der Waals surface area contributed by atoms with Crippen LogP contribution in [0.4, 0.5) is 0 Å². The van der Waals surface area contributed by atoms with Crippen LogP contribution >= 0.6 is 0 Å². The van der Waals surface area contributed by atoms with E-state index in [2.05, 4.69) is 5.32 Å². The molecular formula is C24H24N2O3S. The number of aryl methyl sites for hydroxylation is 1. The summed E-state index contributed by atoms with van der Waals surface area (Å²) in [5.74, 6) is -0.295. The lowest BCUT2D eigenvalue weighted by Crippen LogP contribution is -2.36. The third-order valence-electron chi connectivity index (χ3n) is 5.40. The van der Waals surface area contributed by atoms with Crippen molar-refractivity contribution in [3.05, 3.63) is 101 Å². The van der Waals surface area contributed by atoms with Gasteiger partial charge in [-0.1, -0.05) is 60.2 Å². The molecule has 4 rings (SSSR count). The van der Waals surface area contributed by atoms with E-state index in [0.717, 1.165) is 16.7 Å². The van der Waals surface area contributed by atoms with E-state index in [9.17, 15) is 13.2 Å². The summed E-state index contributed by atoms with van der Waals surface area (Å²) in [7, 11) is -3.68. The maximum atomic E-state index is 13.2. The topological polar surface area (TPSA) is 66.5 Å². The van der Waals surface area contributed by atoms with Crippen LogP contribution in [-0.4, -0.2) is 25.2 Å². The van der Waals surface area contributed by atoms with Gasteiger partial charge in [0.2, 0.25) is 10.0 Å². The highest BCUT2D eigenvalue weighted by molar-refractivity contribution is 7.89. The van der Waals surface area contributed by atoms with Gasteiger partial charge in [-0.3, -0.25) is 4.79 Å². The van der Waals surface area contributed by atoms with Crippen molar-refractivity contribution in [2.75, 3.05) is 6.54 Å². The highest BCUT2D eigenvalue weighted by atomic mass is 32.2. The van der Waals surface area contributed by atoms with Crippen LogP contribution in [0.3, 0.4) is 0 Å². The summed E-state index contributed by atoms with van der Waals surface area (Å²) in [4.78, 5) is 12.7. The molecule has 30 heavy (non-hydrogen) atoms. The normalized spacial score (nSPS) is 14.2. The second-order valence-corrected chi connectivity index (χ2v) is 9.49. The first-order valence-electron chi connectivity index (χ1n) is 9.94. The van der Waals surface area contributed by atoms with E-state index in [1.54, 1.807) is 18.2 Å². The molecule has 0 saturated heterocycles. The molecule has 3 aromatic carbocycles. The van der Waals surface area contributed by atoms with Gasteiger partial charge >= 0.3 is 0 Å². The summed E-state index contributed by atoms with van der Waals surface area (Å²) in [6.45, 7) is 3.18. The third-order valence-corrected chi connectivity index (χ3v) is 7.24. The highest BCUT2D eigenvalue weighted by Gasteiger charge is 2.28. The second kappa shape index (κ2) is 8.42. The zero-order valence-corrected chi connectivity index (χ0v) is 17.7. The van der Waals surface area contributed by atoms with Crippen LogP contribution in [-0.2, 0) is 29.5 Å². The molecule has 0 unspecified atom stereocenters. The number of fused-ring (bicyclic) bond motifs is 1. The van der Waals surface area contributed by atoms with E-state index >= 15 is 0 Å². The predicted octanol–water partition coefficient (Wildman–Crippen LogP) is 3.67. The lowest BCUT2D eigenvalue weighted by molar-refractivity contribution is 0.0950. The molecule has 0 saturated carbocycles. The van der Waals surface area contributed by atoms with Crippen molar-refractivity contribution in [1.82, 2.24) is 9.62 Å². The van der Waals surface area contributed by atoms with Gasteiger partial charge in [0.15, 0.2) is 0 Å². The molecule has 0 radical (unpaired) electrons. The summed E-state index contributed by atoms with van der Waals surface area (Å²) in [6.07, 6.45) is 0.687. The Hall–Kier alpha value is -2.96. The SMILES string of the molecule is Cc1ccc(CNC(=O)c2cccc(S(=O)(=O)N3CCc4ccccc4C3)c2)cc1. The Morgan fingerprint density at radius 1 is 0.967 bits per heavy atom. The van der Waals surface area contributed by atoms with Gasteiger partial charge < -0.3 is 5.32 Å². The molecule has 0 spiro atoms. The van der Waals surface area contributed by atoms with Crippen molar-refractivity contribution in [2.45, 2.75) is 31.3 Å². The molecule has 0 bridgehead atoms. The Bertz CT molecular complexity index is 1170. The zero-order chi connectivity index (χ0) is 21.1. The molecule has 0 aliphatic carbocycles. The van der Waals surface area contributed by atoms with Crippen LogP contribution in [0.25, 0.3) is 0 Å². The number of amides is 1. The van der Waals surface area contributed by atoms with Crippen molar-refractivity contribution in [2.24, 2.45) is 0 Å². The first kappa shape index (κ1) is 20.3. The Balaban J connectivity index is 1.49. The monoisotopic (exact) mass is 420 g/mol. The number of carbonyl (C=O) groups is 1. The van der Waals surface area contributed by atoms with Crippen molar-refractivity contribution in [1.29, 1.82) is 0 Å². The van der Waals surface area contributed by atoms with Crippen molar-refractivity contribution in [3.63, 3.8) is 0 Å². The van der Waals surface area contributed by atoms with E-state index in [1.807, 2.05) is 55.5 Å². The minimum absolute atomic E-state index is 0.143. The number of carbonyl (C=O) groups excluding carboxylic acids is 1. The second-order valence-electron chi connectivity index (χ2n) is 7.55. The van der Waals surface area contributed by atoms with Gasteiger partial charge in [0.1, 0.15) is 0 Å². The quantitative estimate of drug-likeness (QED) is 0.685. The number of rotatable bonds is 5. The number of hydrogen-bond donors (Lipinski definition) is 1. The number of nitrogens with one attached hydrogen (secondary N) is 1. The first-order chi connectivity index (χ1) is 14.4. The maximum Gasteiger partial charge on any atom is 0.251 e. The van der Waals surface area contributed by atoms with Gasteiger partial charge in [-0.05, 0) is 48.2 Å². The van der Waals surface area contributed by atoms with E-state index in [-0.39, 0.29) is 10.8 Å². The van der Waals surface area contributed by atoms with Gasteiger partial charge in [0.25, 0.3) is 5.91 Å². The van der Waals surface area contributed by atoms with Crippen molar-refractivity contribution < 1.29 is 13.2 Å². The van der Waals surface area contributed by atoms with E-state index < -0.39 is 10.0 Å². The molecule has 5 nitrogen and oxygen atoms in total. The van der Waals surface area contributed by atoms with E-state index in [4.69, 9.17) is 0 Å². The fraction of sp³-hybridized carbons (Fsp3) is 0.208. The molecule has 154 valence electrons. The summed E-state index contributed by atoms with van der Waals surface area (Å²) >= 11 is 0. The molecule has 0 fully saturated rings. The van der Waals surface area contributed by atoms with E-state index in [1.165, 1.54) is 15.9 Å². The van der Waals surface area contributed by atoms with Crippen LogP contribution in [0.5, 0.6) is 0 Å². The Morgan fingerprint density at radius 2 is 1.70 bits per heavy atom. The standard InChI is InChI=1S/C24H24N2O3S/c1-18-9-11-19(12-10-18)16-25-24(27)21-7-4-8-23(15-21)30(28,29)26-14-13-20-5-2-3-6-22(20)17-26/h2-12,15H,13-14,16-17H2,1H3,(H,25,27). The molecule has 1 heterocycles. The van der Waals surface area contributed by atoms with Gasteiger partial charge in [0.05, 0.1) is 4.90 Å². The van der Waals surface area contributed by atoms with Crippen LogP contribution < -0.4 is 5.32 Å². The Kier molecular flexibility index (Phi) is 5.70. The lowest BCUT2D eigenvalue weighted by atomic mass is 10.0. The molecule has 1 N–H and O–H groups in total. The van der Waals surface area contributed by atoms with Gasteiger partial charge in [-0.15, -0.1) is 0 Å². The molecule has 1 amide bonds. The number of hydrogen-bond acceptors (Lipinski definition) is 3. The lowest BCUT2D eigenvalue weighted by Gasteiger charge is -2.28. The Labute approximate surface area is 177 Å². The molecule has 3 aromatic rings. The maximum absolute atomic E-state index is 13.2. The predicted molar refractivity (Wildman–Crippen MR) is 117 cm³/mol. The molecule has 1 aliphatic heterocycles. The summed E-state index contributed by atoms with van der Waals surface area (Å²) in [5, 5.41) is 2.86.